The van der Waals surface area contributed by atoms with Crippen LogP contribution in [0.3, 0.4) is 0 Å². The van der Waals surface area contributed by atoms with Crippen molar-refractivity contribution in [3.63, 3.8) is 0 Å². The van der Waals surface area contributed by atoms with Crippen molar-refractivity contribution in [2.24, 2.45) is 5.73 Å². The van der Waals surface area contributed by atoms with Crippen LogP contribution in [0.2, 0.25) is 0 Å². The number of ether oxygens (including phenoxy) is 2. The Bertz CT molecular complexity index is 382. The molecule has 5 heteroatoms. The van der Waals surface area contributed by atoms with Gasteiger partial charge in [-0.1, -0.05) is 0 Å². The Hall–Kier alpha value is -1.33. The summed E-state index contributed by atoms with van der Waals surface area (Å²) in [5.41, 5.74) is 6.92. The van der Waals surface area contributed by atoms with Gasteiger partial charge in [-0.15, -0.1) is 0 Å². The molecule has 3 N–H and O–H groups in total. The molecule has 0 fully saturated rings. The standard InChI is InChI=1S/C11H16FNO3/c1-6-4-7(12)10(15-2)11(16-3)9(6)8(13)5-14/h4,8,14H,5,13H2,1-3H3. The molecule has 1 aromatic rings. The van der Waals surface area contributed by atoms with Crippen LogP contribution in [0.5, 0.6) is 11.5 Å². The highest BCUT2D eigenvalue weighted by Crippen LogP contribution is 2.38. The van der Waals surface area contributed by atoms with E-state index in [2.05, 4.69) is 0 Å². The zero-order chi connectivity index (χ0) is 12.3. The molecule has 0 saturated carbocycles. The van der Waals surface area contributed by atoms with E-state index < -0.39 is 11.9 Å². The van der Waals surface area contributed by atoms with E-state index in [1.165, 1.54) is 20.3 Å². The maximum Gasteiger partial charge on any atom is 0.197 e. The van der Waals surface area contributed by atoms with Crippen LogP contribution in [0.4, 0.5) is 4.39 Å². The number of nitrogens with two attached hydrogens (primary N) is 1. The second-order valence-corrected chi connectivity index (χ2v) is 3.44. The molecule has 0 bridgehead atoms. The van der Waals surface area contributed by atoms with Gasteiger partial charge in [0, 0.05) is 5.56 Å². The number of benzene rings is 1. The third kappa shape index (κ3) is 2.10. The number of methoxy groups -OCH3 is 2. The SMILES string of the molecule is COc1c(F)cc(C)c(C(N)CO)c1OC. The van der Waals surface area contributed by atoms with Gasteiger partial charge in [-0.25, -0.2) is 4.39 Å². The predicted molar refractivity (Wildman–Crippen MR) is 58.3 cm³/mol. The van der Waals surface area contributed by atoms with E-state index in [-0.39, 0.29) is 18.1 Å². The van der Waals surface area contributed by atoms with Crippen molar-refractivity contribution < 1.29 is 19.0 Å². The maximum atomic E-state index is 13.5. The van der Waals surface area contributed by atoms with Crippen molar-refractivity contribution >= 4 is 0 Å². The van der Waals surface area contributed by atoms with E-state index in [1.807, 2.05) is 0 Å². The molecule has 0 saturated heterocycles. The normalized spacial score (nSPS) is 12.4. The Labute approximate surface area is 93.8 Å². The van der Waals surface area contributed by atoms with Gasteiger partial charge in [0.1, 0.15) is 0 Å². The summed E-state index contributed by atoms with van der Waals surface area (Å²) in [5.74, 6) is -0.265. The zero-order valence-electron chi connectivity index (χ0n) is 9.58. The predicted octanol–water partition coefficient (Wildman–Crippen LogP) is 1.14. The van der Waals surface area contributed by atoms with Gasteiger partial charge in [-0.05, 0) is 18.6 Å². The van der Waals surface area contributed by atoms with Crippen molar-refractivity contribution in [3.05, 3.63) is 23.0 Å². The van der Waals surface area contributed by atoms with E-state index in [0.29, 0.717) is 11.1 Å². The third-order valence-corrected chi connectivity index (χ3v) is 2.41. The molecule has 0 spiro atoms. The highest BCUT2D eigenvalue weighted by Gasteiger charge is 2.21. The van der Waals surface area contributed by atoms with Gasteiger partial charge in [0.25, 0.3) is 0 Å². The van der Waals surface area contributed by atoms with E-state index in [9.17, 15) is 4.39 Å². The van der Waals surface area contributed by atoms with Gasteiger partial charge in [-0.2, -0.15) is 0 Å². The number of aliphatic hydroxyl groups is 1. The first-order chi connectivity index (χ1) is 7.56. The molecule has 0 amide bonds. The Balaban J connectivity index is 3.45. The smallest absolute Gasteiger partial charge is 0.197 e. The summed E-state index contributed by atoms with van der Waals surface area (Å²) in [7, 11) is 2.76. The minimum absolute atomic E-state index is 0.00648. The average Bonchev–Trinajstić information content (AvgIpc) is 2.27. The highest BCUT2D eigenvalue weighted by molar-refractivity contribution is 5.52. The molecular formula is C11H16FNO3. The number of rotatable bonds is 4. The van der Waals surface area contributed by atoms with Crippen LogP contribution in [-0.2, 0) is 0 Å². The lowest BCUT2D eigenvalue weighted by atomic mass is 10.00. The fourth-order valence-electron chi connectivity index (χ4n) is 1.69. The van der Waals surface area contributed by atoms with E-state index in [1.54, 1.807) is 6.92 Å². The highest BCUT2D eigenvalue weighted by atomic mass is 19.1. The monoisotopic (exact) mass is 229 g/mol. The summed E-state index contributed by atoms with van der Waals surface area (Å²) in [6, 6.07) is 0.691. The summed E-state index contributed by atoms with van der Waals surface area (Å²) >= 11 is 0. The maximum absolute atomic E-state index is 13.5. The van der Waals surface area contributed by atoms with Crippen molar-refractivity contribution in [3.8, 4) is 11.5 Å². The van der Waals surface area contributed by atoms with Gasteiger partial charge >= 0.3 is 0 Å². The molecule has 0 aliphatic carbocycles. The minimum atomic E-state index is -0.621. The van der Waals surface area contributed by atoms with Crippen LogP contribution in [0.25, 0.3) is 0 Å². The van der Waals surface area contributed by atoms with Crippen molar-refractivity contribution in [1.82, 2.24) is 0 Å². The first kappa shape index (κ1) is 12.7. The molecule has 90 valence electrons. The Morgan fingerprint density at radius 2 is 1.94 bits per heavy atom. The Morgan fingerprint density at radius 3 is 2.38 bits per heavy atom. The molecule has 0 aromatic heterocycles. The largest absolute Gasteiger partial charge is 0.492 e. The molecule has 16 heavy (non-hydrogen) atoms. The summed E-state index contributed by atoms with van der Waals surface area (Å²) in [6.07, 6.45) is 0. The number of hydrogen-bond acceptors (Lipinski definition) is 4. The molecule has 4 nitrogen and oxygen atoms in total. The van der Waals surface area contributed by atoms with Gasteiger partial charge in [0.2, 0.25) is 0 Å². The molecule has 0 radical (unpaired) electrons. The topological polar surface area (TPSA) is 64.7 Å². The van der Waals surface area contributed by atoms with Crippen LogP contribution < -0.4 is 15.2 Å². The Morgan fingerprint density at radius 1 is 1.38 bits per heavy atom. The molecule has 1 atom stereocenters. The van der Waals surface area contributed by atoms with Gasteiger partial charge < -0.3 is 20.3 Å². The van der Waals surface area contributed by atoms with Crippen LogP contribution in [-0.4, -0.2) is 25.9 Å². The van der Waals surface area contributed by atoms with Crippen molar-refractivity contribution in [2.45, 2.75) is 13.0 Å². The van der Waals surface area contributed by atoms with Crippen LogP contribution >= 0.6 is 0 Å². The van der Waals surface area contributed by atoms with Crippen LogP contribution in [0.15, 0.2) is 6.07 Å². The second kappa shape index (κ2) is 5.14. The molecule has 1 unspecified atom stereocenters. The van der Waals surface area contributed by atoms with Crippen molar-refractivity contribution in [1.29, 1.82) is 0 Å². The molecule has 0 aliphatic heterocycles. The quantitative estimate of drug-likeness (QED) is 0.812. The minimum Gasteiger partial charge on any atom is -0.492 e. The fourth-order valence-corrected chi connectivity index (χ4v) is 1.69. The number of aliphatic hydroxyl groups excluding tert-OH is 1. The Kier molecular flexibility index (Phi) is 4.09. The van der Waals surface area contributed by atoms with Crippen LogP contribution in [0.1, 0.15) is 17.2 Å². The molecular weight excluding hydrogens is 213 g/mol. The third-order valence-electron chi connectivity index (χ3n) is 2.41. The molecule has 0 aliphatic rings. The van der Waals surface area contributed by atoms with Crippen molar-refractivity contribution in [2.75, 3.05) is 20.8 Å². The summed E-state index contributed by atoms with van der Waals surface area (Å²) < 4.78 is 23.6. The van der Waals surface area contributed by atoms with E-state index in [0.717, 1.165) is 0 Å². The lowest BCUT2D eigenvalue weighted by molar-refractivity contribution is 0.261. The zero-order valence-corrected chi connectivity index (χ0v) is 9.58. The average molecular weight is 229 g/mol. The fraction of sp³-hybridized carbons (Fsp3) is 0.455. The molecule has 1 rings (SSSR count). The number of hydrogen-bond donors (Lipinski definition) is 2. The van der Waals surface area contributed by atoms with E-state index in [4.69, 9.17) is 20.3 Å². The van der Waals surface area contributed by atoms with Gasteiger partial charge in [-0.3, -0.25) is 0 Å². The first-order valence-corrected chi connectivity index (χ1v) is 4.84. The summed E-state index contributed by atoms with van der Waals surface area (Å²) in [5, 5.41) is 9.05. The lowest BCUT2D eigenvalue weighted by Gasteiger charge is -2.19. The van der Waals surface area contributed by atoms with Gasteiger partial charge in [0.15, 0.2) is 17.3 Å². The lowest BCUT2D eigenvalue weighted by Crippen LogP contribution is -2.17. The van der Waals surface area contributed by atoms with Crippen LogP contribution in [0, 0.1) is 12.7 Å². The first-order valence-electron chi connectivity index (χ1n) is 4.84. The molecule has 0 heterocycles. The second-order valence-electron chi connectivity index (χ2n) is 3.44. The van der Waals surface area contributed by atoms with Gasteiger partial charge in [0.05, 0.1) is 26.9 Å². The number of halogens is 1. The summed E-state index contributed by atoms with van der Waals surface area (Å²) in [6.45, 7) is 1.46. The molecule has 1 aromatic carbocycles. The number of aryl methyl sites for hydroxylation is 1. The summed E-state index contributed by atoms with van der Waals surface area (Å²) in [4.78, 5) is 0. The van der Waals surface area contributed by atoms with E-state index >= 15 is 0 Å².